The zero-order valence-electron chi connectivity index (χ0n) is 12.6. The molecule has 0 aliphatic carbocycles. The average Bonchev–Trinajstić information content (AvgIpc) is 2.61. The van der Waals surface area contributed by atoms with Crippen LogP contribution in [0.4, 0.5) is 10.1 Å². The van der Waals surface area contributed by atoms with Crippen molar-refractivity contribution in [1.29, 1.82) is 0 Å². The van der Waals surface area contributed by atoms with Crippen LogP contribution in [0.3, 0.4) is 0 Å². The van der Waals surface area contributed by atoms with Gasteiger partial charge in [0.15, 0.2) is 11.5 Å². The van der Waals surface area contributed by atoms with E-state index < -0.39 is 23.7 Å². The molecule has 24 heavy (non-hydrogen) atoms. The van der Waals surface area contributed by atoms with E-state index in [1.165, 1.54) is 18.2 Å². The molecule has 1 aliphatic rings. The number of benzene rings is 2. The SMILES string of the molecule is O=C(NCC1COc2ccccc2O1)C(=O)Nc1ccccc1F. The van der Waals surface area contributed by atoms with Crippen molar-refractivity contribution in [3.8, 4) is 11.5 Å². The summed E-state index contributed by atoms with van der Waals surface area (Å²) in [6.45, 7) is 0.351. The van der Waals surface area contributed by atoms with Gasteiger partial charge in [0.25, 0.3) is 0 Å². The molecule has 1 atom stereocenters. The highest BCUT2D eigenvalue weighted by Gasteiger charge is 2.23. The second-order valence-electron chi connectivity index (χ2n) is 5.14. The predicted molar refractivity (Wildman–Crippen MR) is 84.4 cm³/mol. The molecule has 0 aromatic heterocycles. The van der Waals surface area contributed by atoms with Crippen molar-refractivity contribution >= 4 is 17.5 Å². The Kier molecular flexibility index (Phi) is 4.60. The van der Waals surface area contributed by atoms with Gasteiger partial charge >= 0.3 is 11.8 Å². The standard InChI is InChI=1S/C17H15FN2O4/c18-12-5-1-2-6-13(12)20-17(22)16(21)19-9-11-10-23-14-7-3-4-8-15(14)24-11/h1-8,11H,9-10H2,(H,19,21)(H,20,22). The van der Waals surface area contributed by atoms with Gasteiger partial charge in [-0.3, -0.25) is 9.59 Å². The fourth-order valence-corrected chi connectivity index (χ4v) is 2.19. The van der Waals surface area contributed by atoms with Crippen molar-refractivity contribution in [2.24, 2.45) is 0 Å². The molecule has 2 N–H and O–H groups in total. The number of anilines is 1. The highest BCUT2D eigenvalue weighted by Crippen LogP contribution is 2.30. The van der Waals surface area contributed by atoms with Crippen LogP contribution in [0, 0.1) is 5.82 Å². The Morgan fingerprint density at radius 2 is 1.75 bits per heavy atom. The first kappa shape index (κ1) is 15.8. The molecule has 7 heteroatoms. The maximum atomic E-state index is 13.4. The van der Waals surface area contributed by atoms with Gasteiger partial charge in [0.05, 0.1) is 12.2 Å². The summed E-state index contributed by atoms with van der Waals surface area (Å²) in [5.74, 6) is -1.21. The summed E-state index contributed by atoms with van der Waals surface area (Å²) in [5, 5.41) is 4.66. The summed E-state index contributed by atoms with van der Waals surface area (Å²) >= 11 is 0. The molecule has 0 saturated heterocycles. The first-order valence-electron chi connectivity index (χ1n) is 7.35. The Morgan fingerprint density at radius 3 is 2.54 bits per heavy atom. The fraction of sp³-hybridized carbons (Fsp3) is 0.176. The minimum atomic E-state index is -0.947. The number of carbonyl (C=O) groups excluding carboxylic acids is 2. The summed E-state index contributed by atoms with van der Waals surface area (Å²) < 4.78 is 24.6. The van der Waals surface area contributed by atoms with Crippen molar-refractivity contribution in [2.75, 3.05) is 18.5 Å². The molecule has 0 saturated carbocycles. The van der Waals surface area contributed by atoms with E-state index in [-0.39, 0.29) is 18.8 Å². The summed E-state index contributed by atoms with van der Waals surface area (Å²) in [4.78, 5) is 23.6. The van der Waals surface area contributed by atoms with Gasteiger partial charge in [-0.2, -0.15) is 0 Å². The summed E-state index contributed by atoms with van der Waals surface area (Å²) in [5.41, 5.74) is -0.0520. The zero-order chi connectivity index (χ0) is 16.9. The molecule has 0 bridgehead atoms. The summed E-state index contributed by atoms with van der Waals surface area (Å²) in [6.07, 6.45) is -0.412. The Labute approximate surface area is 137 Å². The van der Waals surface area contributed by atoms with E-state index in [0.29, 0.717) is 11.5 Å². The third-order valence-corrected chi connectivity index (χ3v) is 3.39. The predicted octanol–water partition coefficient (Wildman–Crippen LogP) is 1.72. The van der Waals surface area contributed by atoms with Gasteiger partial charge in [0.1, 0.15) is 18.5 Å². The molecule has 2 amide bonds. The molecule has 3 rings (SSSR count). The molecular formula is C17H15FN2O4. The molecule has 1 unspecified atom stereocenters. The second-order valence-corrected chi connectivity index (χ2v) is 5.14. The van der Waals surface area contributed by atoms with Crippen LogP contribution in [0.25, 0.3) is 0 Å². The number of ether oxygens (including phenoxy) is 2. The van der Waals surface area contributed by atoms with Crippen molar-refractivity contribution in [3.63, 3.8) is 0 Å². The lowest BCUT2D eigenvalue weighted by atomic mass is 10.2. The molecule has 1 heterocycles. The van der Waals surface area contributed by atoms with Crippen molar-refractivity contribution in [2.45, 2.75) is 6.10 Å². The molecule has 0 spiro atoms. The lowest BCUT2D eigenvalue weighted by molar-refractivity contribution is -0.136. The maximum Gasteiger partial charge on any atom is 0.313 e. The molecular weight excluding hydrogens is 315 g/mol. The highest BCUT2D eigenvalue weighted by molar-refractivity contribution is 6.39. The number of hydrogen-bond acceptors (Lipinski definition) is 4. The Morgan fingerprint density at radius 1 is 1.04 bits per heavy atom. The fourth-order valence-electron chi connectivity index (χ4n) is 2.19. The van der Waals surface area contributed by atoms with Crippen LogP contribution in [0.5, 0.6) is 11.5 Å². The number of rotatable bonds is 3. The lowest BCUT2D eigenvalue weighted by Gasteiger charge is -2.26. The molecule has 6 nitrogen and oxygen atoms in total. The summed E-state index contributed by atoms with van der Waals surface area (Å²) in [6, 6.07) is 12.8. The first-order valence-corrected chi connectivity index (χ1v) is 7.35. The van der Waals surface area contributed by atoms with Crippen LogP contribution < -0.4 is 20.1 Å². The number of hydrogen-bond donors (Lipinski definition) is 2. The second kappa shape index (κ2) is 6.99. The quantitative estimate of drug-likeness (QED) is 0.840. The Hall–Kier alpha value is -3.09. The van der Waals surface area contributed by atoms with Gasteiger partial charge in [-0.05, 0) is 24.3 Å². The summed E-state index contributed by atoms with van der Waals surface area (Å²) in [7, 11) is 0. The topological polar surface area (TPSA) is 76.7 Å². The number of halogens is 1. The van der Waals surface area contributed by atoms with Crippen molar-refractivity contribution in [1.82, 2.24) is 5.32 Å². The van der Waals surface area contributed by atoms with Crippen LogP contribution in [0.1, 0.15) is 0 Å². The molecule has 2 aromatic carbocycles. The van der Waals surface area contributed by atoms with Crippen LogP contribution in [0.2, 0.25) is 0 Å². The monoisotopic (exact) mass is 330 g/mol. The normalized spacial score (nSPS) is 15.5. The van der Waals surface area contributed by atoms with E-state index in [2.05, 4.69) is 10.6 Å². The number of nitrogens with one attached hydrogen (secondary N) is 2. The minimum absolute atomic E-state index is 0.0520. The van der Waals surface area contributed by atoms with E-state index in [0.717, 1.165) is 0 Å². The molecule has 1 aliphatic heterocycles. The third kappa shape index (κ3) is 3.62. The lowest BCUT2D eigenvalue weighted by Crippen LogP contribution is -2.44. The molecule has 2 aromatic rings. The number of amides is 2. The number of carbonyl (C=O) groups is 2. The van der Waals surface area contributed by atoms with E-state index in [1.54, 1.807) is 18.2 Å². The van der Waals surface area contributed by atoms with E-state index in [9.17, 15) is 14.0 Å². The third-order valence-electron chi connectivity index (χ3n) is 3.39. The Bertz CT molecular complexity index is 766. The van der Waals surface area contributed by atoms with Crippen LogP contribution in [-0.4, -0.2) is 31.1 Å². The van der Waals surface area contributed by atoms with Gasteiger partial charge in [0.2, 0.25) is 0 Å². The average molecular weight is 330 g/mol. The van der Waals surface area contributed by atoms with Gasteiger partial charge in [-0.15, -0.1) is 0 Å². The largest absolute Gasteiger partial charge is 0.486 e. The first-order chi connectivity index (χ1) is 11.6. The molecule has 0 radical (unpaired) electrons. The maximum absolute atomic E-state index is 13.4. The van der Waals surface area contributed by atoms with E-state index in [1.807, 2.05) is 12.1 Å². The van der Waals surface area contributed by atoms with Gasteiger partial charge in [-0.25, -0.2) is 4.39 Å². The van der Waals surface area contributed by atoms with Crippen molar-refractivity contribution < 1.29 is 23.5 Å². The molecule has 0 fully saturated rings. The zero-order valence-corrected chi connectivity index (χ0v) is 12.6. The van der Waals surface area contributed by atoms with Crippen LogP contribution in [0.15, 0.2) is 48.5 Å². The van der Waals surface area contributed by atoms with Crippen LogP contribution >= 0.6 is 0 Å². The van der Waals surface area contributed by atoms with Crippen LogP contribution in [-0.2, 0) is 9.59 Å². The van der Waals surface area contributed by atoms with E-state index >= 15 is 0 Å². The van der Waals surface area contributed by atoms with Gasteiger partial charge in [0, 0.05) is 0 Å². The van der Waals surface area contributed by atoms with E-state index in [4.69, 9.17) is 9.47 Å². The number of para-hydroxylation sites is 3. The number of fused-ring (bicyclic) bond motifs is 1. The minimum Gasteiger partial charge on any atom is -0.486 e. The molecule has 124 valence electrons. The van der Waals surface area contributed by atoms with Gasteiger partial charge in [-0.1, -0.05) is 24.3 Å². The Balaban J connectivity index is 1.51. The van der Waals surface area contributed by atoms with Gasteiger partial charge < -0.3 is 20.1 Å². The smallest absolute Gasteiger partial charge is 0.313 e. The highest BCUT2D eigenvalue weighted by atomic mass is 19.1. The van der Waals surface area contributed by atoms with Crippen molar-refractivity contribution in [3.05, 3.63) is 54.3 Å².